The van der Waals surface area contributed by atoms with Crippen LogP contribution < -0.4 is 5.32 Å². The Labute approximate surface area is 129 Å². The Hall–Kier alpha value is -0.900. The minimum absolute atomic E-state index is 0.479. The Balaban J connectivity index is 1.45. The molecule has 1 saturated heterocycles. The van der Waals surface area contributed by atoms with Gasteiger partial charge in [0, 0.05) is 44.8 Å². The highest BCUT2D eigenvalue weighted by Crippen LogP contribution is 2.27. The van der Waals surface area contributed by atoms with Gasteiger partial charge in [-0.25, -0.2) is 0 Å². The van der Waals surface area contributed by atoms with E-state index in [-0.39, 0.29) is 0 Å². The van der Waals surface area contributed by atoms with Crippen molar-refractivity contribution in [1.29, 1.82) is 0 Å². The summed E-state index contributed by atoms with van der Waals surface area (Å²) in [6, 6.07) is 10.4. The van der Waals surface area contributed by atoms with Crippen LogP contribution in [0.2, 0.25) is 0 Å². The molecule has 1 atom stereocenters. The molecule has 1 N–H and O–H groups in total. The highest BCUT2D eigenvalue weighted by Gasteiger charge is 2.31. The molecule has 1 saturated carbocycles. The maximum Gasteiger partial charge on any atom is 0.0329 e. The van der Waals surface area contributed by atoms with Gasteiger partial charge in [0.2, 0.25) is 0 Å². The highest BCUT2D eigenvalue weighted by atomic mass is 15.3. The predicted molar refractivity (Wildman–Crippen MR) is 88.6 cm³/mol. The van der Waals surface area contributed by atoms with Gasteiger partial charge in [-0.3, -0.25) is 4.90 Å². The molecule has 3 heteroatoms. The van der Waals surface area contributed by atoms with Crippen LogP contribution in [0.4, 0.5) is 0 Å². The highest BCUT2D eigenvalue weighted by molar-refractivity contribution is 5.24. The molecular weight excluding hydrogens is 258 g/mol. The molecule has 0 radical (unpaired) electrons. The molecule has 2 aliphatic rings. The molecule has 0 aromatic heterocycles. The zero-order chi connectivity index (χ0) is 14.7. The fraction of sp³-hybridized carbons (Fsp3) is 0.667. The van der Waals surface area contributed by atoms with Gasteiger partial charge in [0.05, 0.1) is 0 Å². The van der Waals surface area contributed by atoms with E-state index in [9.17, 15) is 0 Å². The molecule has 1 aromatic rings. The summed E-state index contributed by atoms with van der Waals surface area (Å²) in [5.41, 5.74) is 2.75. The van der Waals surface area contributed by atoms with Crippen molar-refractivity contribution in [3.05, 3.63) is 35.4 Å². The van der Waals surface area contributed by atoms with Crippen LogP contribution in [-0.4, -0.2) is 55.6 Å². The zero-order valence-electron chi connectivity index (χ0n) is 13.5. The Kier molecular flexibility index (Phi) is 4.94. The first-order valence-electron chi connectivity index (χ1n) is 8.46. The van der Waals surface area contributed by atoms with Gasteiger partial charge < -0.3 is 10.2 Å². The minimum Gasteiger partial charge on any atom is -0.313 e. The van der Waals surface area contributed by atoms with Crippen LogP contribution in [0, 0.1) is 6.92 Å². The lowest BCUT2D eigenvalue weighted by atomic mass is 10.0. The van der Waals surface area contributed by atoms with E-state index in [0.29, 0.717) is 6.04 Å². The lowest BCUT2D eigenvalue weighted by Gasteiger charge is -2.35. The van der Waals surface area contributed by atoms with Gasteiger partial charge in [0.1, 0.15) is 0 Å². The molecule has 3 rings (SSSR count). The molecule has 21 heavy (non-hydrogen) atoms. The van der Waals surface area contributed by atoms with Crippen molar-refractivity contribution in [3.8, 4) is 0 Å². The lowest BCUT2D eigenvalue weighted by molar-refractivity contribution is 0.123. The maximum absolute atomic E-state index is 3.48. The van der Waals surface area contributed by atoms with E-state index in [2.05, 4.69) is 53.4 Å². The van der Waals surface area contributed by atoms with Crippen LogP contribution in [0.5, 0.6) is 0 Å². The van der Waals surface area contributed by atoms with E-state index in [4.69, 9.17) is 0 Å². The second-order valence-electron chi connectivity index (χ2n) is 6.65. The summed E-state index contributed by atoms with van der Waals surface area (Å²) in [6.45, 7) is 8.41. The monoisotopic (exact) mass is 287 g/mol. The molecule has 0 spiro atoms. The number of hydrogen-bond donors (Lipinski definition) is 1. The molecule has 1 aliphatic carbocycles. The van der Waals surface area contributed by atoms with Gasteiger partial charge in [-0.05, 0) is 38.8 Å². The number of nitrogens with zero attached hydrogens (tertiary/aromatic N) is 2. The first-order chi connectivity index (χ1) is 10.3. The number of hydrogen-bond acceptors (Lipinski definition) is 3. The third kappa shape index (κ3) is 4.06. The standard InChI is InChI=1S/C18H29N3/c1-15-3-5-16(6-4-15)18(19-2)9-10-20-11-13-21(14-12-20)17-7-8-17/h3-6,17-19H,7-14H2,1-2H3. The summed E-state index contributed by atoms with van der Waals surface area (Å²) in [4.78, 5) is 5.32. The van der Waals surface area contributed by atoms with Crippen LogP contribution in [0.15, 0.2) is 24.3 Å². The van der Waals surface area contributed by atoms with Crippen molar-refractivity contribution in [1.82, 2.24) is 15.1 Å². The quantitative estimate of drug-likeness (QED) is 0.867. The number of aryl methyl sites for hydroxylation is 1. The summed E-state index contributed by atoms with van der Waals surface area (Å²) in [5, 5.41) is 3.48. The normalized spacial score (nSPS) is 22.4. The van der Waals surface area contributed by atoms with E-state index in [1.54, 1.807) is 0 Å². The van der Waals surface area contributed by atoms with E-state index >= 15 is 0 Å². The van der Waals surface area contributed by atoms with Crippen LogP contribution in [0.3, 0.4) is 0 Å². The number of nitrogens with one attached hydrogen (secondary N) is 1. The van der Waals surface area contributed by atoms with Crippen LogP contribution in [0.1, 0.15) is 36.4 Å². The van der Waals surface area contributed by atoms with Crippen molar-refractivity contribution >= 4 is 0 Å². The molecular formula is C18H29N3. The van der Waals surface area contributed by atoms with Crippen LogP contribution in [-0.2, 0) is 0 Å². The van der Waals surface area contributed by atoms with E-state index in [1.165, 1.54) is 63.1 Å². The van der Waals surface area contributed by atoms with E-state index in [0.717, 1.165) is 6.04 Å². The maximum atomic E-state index is 3.48. The third-order valence-electron chi connectivity index (χ3n) is 5.03. The first kappa shape index (κ1) is 15.0. The van der Waals surface area contributed by atoms with Gasteiger partial charge in [-0.1, -0.05) is 29.8 Å². The Bertz CT molecular complexity index is 430. The second kappa shape index (κ2) is 6.91. The molecule has 1 unspecified atom stereocenters. The first-order valence-corrected chi connectivity index (χ1v) is 8.46. The number of benzene rings is 1. The van der Waals surface area contributed by atoms with Gasteiger partial charge in [-0.15, -0.1) is 0 Å². The summed E-state index contributed by atoms with van der Waals surface area (Å²) in [7, 11) is 2.08. The molecule has 1 aliphatic heterocycles. The van der Waals surface area contributed by atoms with Gasteiger partial charge >= 0.3 is 0 Å². The van der Waals surface area contributed by atoms with Gasteiger partial charge in [0.15, 0.2) is 0 Å². The molecule has 0 bridgehead atoms. The largest absolute Gasteiger partial charge is 0.313 e. The van der Waals surface area contributed by atoms with Crippen LogP contribution in [0.25, 0.3) is 0 Å². The summed E-state index contributed by atoms with van der Waals surface area (Å²) in [6.07, 6.45) is 4.08. The van der Waals surface area contributed by atoms with Crippen molar-refractivity contribution in [2.24, 2.45) is 0 Å². The molecule has 0 amide bonds. The van der Waals surface area contributed by atoms with Gasteiger partial charge in [0.25, 0.3) is 0 Å². The molecule has 116 valence electrons. The summed E-state index contributed by atoms with van der Waals surface area (Å²) in [5.74, 6) is 0. The average Bonchev–Trinajstić information content (AvgIpc) is 3.35. The summed E-state index contributed by atoms with van der Waals surface area (Å²) >= 11 is 0. The van der Waals surface area contributed by atoms with Gasteiger partial charge in [-0.2, -0.15) is 0 Å². The second-order valence-corrected chi connectivity index (χ2v) is 6.65. The van der Waals surface area contributed by atoms with E-state index in [1.807, 2.05) is 0 Å². The third-order valence-corrected chi connectivity index (χ3v) is 5.03. The van der Waals surface area contributed by atoms with Crippen molar-refractivity contribution in [3.63, 3.8) is 0 Å². The summed E-state index contributed by atoms with van der Waals surface area (Å²) < 4.78 is 0. The number of rotatable bonds is 6. The smallest absolute Gasteiger partial charge is 0.0329 e. The Morgan fingerprint density at radius 1 is 1.10 bits per heavy atom. The van der Waals surface area contributed by atoms with Crippen molar-refractivity contribution in [2.45, 2.75) is 38.3 Å². The van der Waals surface area contributed by atoms with E-state index < -0.39 is 0 Å². The Morgan fingerprint density at radius 3 is 2.33 bits per heavy atom. The topological polar surface area (TPSA) is 18.5 Å². The zero-order valence-corrected chi connectivity index (χ0v) is 13.5. The average molecular weight is 287 g/mol. The lowest BCUT2D eigenvalue weighted by Crippen LogP contribution is -2.47. The molecule has 1 heterocycles. The molecule has 1 aromatic carbocycles. The van der Waals surface area contributed by atoms with Crippen molar-refractivity contribution < 1.29 is 0 Å². The minimum atomic E-state index is 0.479. The fourth-order valence-corrected chi connectivity index (χ4v) is 3.38. The molecule has 2 fully saturated rings. The van der Waals surface area contributed by atoms with Crippen molar-refractivity contribution in [2.75, 3.05) is 39.8 Å². The predicted octanol–water partition coefficient (Wildman–Crippen LogP) is 2.43. The SMILES string of the molecule is CNC(CCN1CCN(C2CC2)CC1)c1ccc(C)cc1. The fourth-order valence-electron chi connectivity index (χ4n) is 3.38. The number of piperazine rings is 1. The molecule has 3 nitrogen and oxygen atoms in total. The Morgan fingerprint density at radius 2 is 1.76 bits per heavy atom. The van der Waals surface area contributed by atoms with Crippen LogP contribution >= 0.6 is 0 Å².